The van der Waals surface area contributed by atoms with E-state index >= 15 is 0 Å². The fourth-order valence-electron chi connectivity index (χ4n) is 1.56. The van der Waals surface area contributed by atoms with E-state index < -0.39 is 0 Å². The first kappa shape index (κ1) is 12.3. The van der Waals surface area contributed by atoms with Crippen molar-refractivity contribution in [1.29, 1.82) is 0 Å². The van der Waals surface area contributed by atoms with Crippen LogP contribution >= 0.6 is 0 Å². The van der Waals surface area contributed by atoms with Crippen LogP contribution in [0.15, 0.2) is 59.6 Å². The summed E-state index contributed by atoms with van der Waals surface area (Å²) in [7, 11) is 0. The number of halogens is 1. The van der Waals surface area contributed by atoms with Crippen molar-refractivity contribution in [3.05, 3.63) is 71.5 Å². The molecule has 0 fully saturated rings. The molecule has 1 N–H and O–H groups in total. The Morgan fingerprint density at radius 2 is 1.67 bits per heavy atom. The standard InChI is InChI=1S/C15H15FN2/c16-15-8-6-14(7-9-15)11-18-12-17-10-13-4-2-1-3-5-13/h1-9,12H,10-11H2,(H,17,18). The first-order valence-electron chi connectivity index (χ1n) is 5.84. The van der Waals surface area contributed by atoms with Gasteiger partial charge >= 0.3 is 0 Å². The minimum Gasteiger partial charge on any atom is -0.372 e. The number of benzene rings is 2. The van der Waals surface area contributed by atoms with Crippen molar-refractivity contribution in [2.45, 2.75) is 13.1 Å². The van der Waals surface area contributed by atoms with Crippen LogP contribution in [0.1, 0.15) is 11.1 Å². The van der Waals surface area contributed by atoms with Crippen LogP contribution < -0.4 is 5.32 Å². The molecule has 0 aromatic heterocycles. The van der Waals surface area contributed by atoms with Crippen molar-refractivity contribution in [3.63, 3.8) is 0 Å². The predicted molar refractivity (Wildman–Crippen MR) is 71.9 cm³/mol. The zero-order valence-corrected chi connectivity index (χ0v) is 10.0. The van der Waals surface area contributed by atoms with Crippen LogP contribution in [0.2, 0.25) is 0 Å². The molecule has 2 rings (SSSR count). The van der Waals surface area contributed by atoms with Crippen LogP contribution in [0.4, 0.5) is 4.39 Å². The van der Waals surface area contributed by atoms with Gasteiger partial charge in [0, 0.05) is 6.54 Å². The Bertz CT molecular complexity index is 492. The second-order valence-corrected chi connectivity index (χ2v) is 3.96. The van der Waals surface area contributed by atoms with E-state index in [1.807, 2.05) is 30.3 Å². The van der Waals surface area contributed by atoms with Crippen molar-refractivity contribution >= 4 is 6.34 Å². The molecule has 2 aromatic rings. The van der Waals surface area contributed by atoms with E-state index in [0.717, 1.165) is 5.56 Å². The van der Waals surface area contributed by atoms with Crippen LogP contribution in [-0.4, -0.2) is 6.34 Å². The molecule has 0 aliphatic heterocycles. The van der Waals surface area contributed by atoms with E-state index in [9.17, 15) is 4.39 Å². The Labute approximate surface area is 106 Å². The highest BCUT2D eigenvalue weighted by atomic mass is 19.1. The first-order valence-corrected chi connectivity index (χ1v) is 5.84. The van der Waals surface area contributed by atoms with E-state index in [0.29, 0.717) is 13.1 Å². The Kier molecular flexibility index (Phi) is 4.47. The normalized spacial score (nSPS) is 10.7. The lowest BCUT2D eigenvalue weighted by Gasteiger charge is -2.00. The van der Waals surface area contributed by atoms with Crippen molar-refractivity contribution < 1.29 is 4.39 Å². The number of nitrogens with one attached hydrogen (secondary N) is 1. The summed E-state index contributed by atoms with van der Waals surface area (Å²) in [4.78, 5) is 4.26. The Morgan fingerprint density at radius 3 is 2.39 bits per heavy atom. The molecule has 0 atom stereocenters. The number of rotatable bonds is 5. The summed E-state index contributed by atoms with van der Waals surface area (Å²) >= 11 is 0. The minimum atomic E-state index is -0.212. The third-order valence-corrected chi connectivity index (χ3v) is 2.52. The van der Waals surface area contributed by atoms with Crippen molar-refractivity contribution in [2.75, 3.05) is 0 Å². The number of aliphatic imine (C=N–C) groups is 1. The monoisotopic (exact) mass is 242 g/mol. The van der Waals surface area contributed by atoms with Gasteiger partial charge in [0.15, 0.2) is 0 Å². The molecule has 0 radical (unpaired) electrons. The summed E-state index contributed by atoms with van der Waals surface area (Å²) in [6.07, 6.45) is 1.69. The van der Waals surface area contributed by atoms with Crippen molar-refractivity contribution in [2.24, 2.45) is 4.99 Å². The maximum Gasteiger partial charge on any atom is 0.123 e. The second kappa shape index (κ2) is 6.55. The lowest BCUT2D eigenvalue weighted by molar-refractivity contribution is 0.627. The quantitative estimate of drug-likeness (QED) is 0.632. The van der Waals surface area contributed by atoms with Gasteiger partial charge in [0.05, 0.1) is 12.9 Å². The first-order chi connectivity index (χ1) is 8.84. The highest BCUT2D eigenvalue weighted by molar-refractivity contribution is 5.54. The summed E-state index contributed by atoms with van der Waals surface area (Å²) in [6.45, 7) is 1.32. The third-order valence-electron chi connectivity index (χ3n) is 2.52. The zero-order chi connectivity index (χ0) is 12.6. The molecule has 0 aliphatic rings. The van der Waals surface area contributed by atoms with Gasteiger partial charge in [0.2, 0.25) is 0 Å². The smallest absolute Gasteiger partial charge is 0.123 e. The molecule has 2 aromatic carbocycles. The number of nitrogens with zero attached hydrogens (tertiary/aromatic N) is 1. The summed E-state index contributed by atoms with van der Waals surface area (Å²) in [6, 6.07) is 16.5. The molecular weight excluding hydrogens is 227 g/mol. The Balaban J connectivity index is 1.74. The maximum atomic E-state index is 12.7. The van der Waals surface area contributed by atoms with Crippen LogP contribution in [0, 0.1) is 5.82 Å². The van der Waals surface area contributed by atoms with Gasteiger partial charge < -0.3 is 5.32 Å². The molecule has 0 amide bonds. The van der Waals surface area contributed by atoms with Crippen LogP contribution in [0.5, 0.6) is 0 Å². The molecule has 0 unspecified atom stereocenters. The molecule has 0 saturated carbocycles. The lowest BCUT2D eigenvalue weighted by Crippen LogP contribution is -2.10. The topological polar surface area (TPSA) is 24.4 Å². The number of hydrogen-bond acceptors (Lipinski definition) is 1. The third kappa shape index (κ3) is 4.01. The van der Waals surface area contributed by atoms with E-state index in [2.05, 4.69) is 10.3 Å². The van der Waals surface area contributed by atoms with Gasteiger partial charge in [0.25, 0.3) is 0 Å². The van der Waals surface area contributed by atoms with E-state index in [-0.39, 0.29) is 5.82 Å². The molecular formula is C15H15FN2. The summed E-state index contributed by atoms with van der Waals surface area (Å²) < 4.78 is 12.7. The Hall–Kier alpha value is -2.16. The summed E-state index contributed by atoms with van der Waals surface area (Å²) in [5.74, 6) is -0.212. The summed E-state index contributed by atoms with van der Waals surface area (Å²) in [5.41, 5.74) is 2.21. The fourth-order valence-corrected chi connectivity index (χ4v) is 1.56. The average Bonchev–Trinajstić information content (AvgIpc) is 2.42. The van der Waals surface area contributed by atoms with E-state index in [4.69, 9.17) is 0 Å². The lowest BCUT2D eigenvalue weighted by atomic mass is 10.2. The van der Waals surface area contributed by atoms with Gasteiger partial charge in [0.1, 0.15) is 5.82 Å². The SMILES string of the molecule is Fc1ccc(CNC=NCc2ccccc2)cc1. The second-order valence-electron chi connectivity index (χ2n) is 3.96. The van der Waals surface area contributed by atoms with E-state index in [1.54, 1.807) is 18.5 Å². The van der Waals surface area contributed by atoms with Crippen LogP contribution in [0.25, 0.3) is 0 Å². The predicted octanol–water partition coefficient (Wildman–Crippen LogP) is 3.14. The average molecular weight is 242 g/mol. The van der Waals surface area contributed by atoms with Crippen LogP contribution in [0.3, 0.4) is 0 Å². The molecule has 3 heteroatoms. The molecule has 92 valence electrons. The zero-order valence-electron chi connectivity index (χ0n) is 10.0. The molecule has 2 nitrogen and oxygen atoms in total. The number of hydrogen-bond donors (Lipinski definition) is 1. The minimum absolute atomic E-state index is 0.212. The maximum absolute atomic E-state index is 12.7. The fraction of sp³-hybridized carbons (Fsp3) is 0.133. The highest BCUT2D eigenvalue weighted by Gasteiger charge is 1.91. The molecule has 0 spiro atoms. The van der Waals surface area contributed by atoms with E-state index in [1.165, 1.54) is 17.7 Å². The molecule has 0 heterocycles. The molecule has 0 saturated heterocycles. The van der Waals surface area contributed by atoms with Crippen LogP contribution in [-0.2, 0) is 13.1 Å². The van der Waals surface area contributed by atoms with Gasteiger partial charge in [-0.05, 0) is 23.3 Å². The van der Waals surface area contributed by atoms with Crippen molar-refractivity contribution in [1.82, 2.24) is 5.32 Å². The largest absolute Gasteiger partial charge is 0.372 e. The van der Waals surface area contributed by atoms with Gasteiger partial charge in [-0.2, -0.15) is 0 Å². The molecule has 0 bridgehead atoms. The highest BCUT2D eigenvalue weighted by Crippen LogP contribution is 2.02. The van der Waals surface area contributed by atoms with Gasteiger partial charge in [-0.15, -0.1) is 0 Å². The molecule has 18 heavy (non-hydrogen) atoms. The van der Waals surface area contributed by atoms with Gasteiger partial charge in [-0.25, -0.2) is 4.39 Å². The summed E-state index contributed by atoms with van der Waals surface area (Å²) in [5, 5.41) is 3.08. The van der Waals surface area contributed by atoms with Gasteiger partial charge in [-0.1, -0.05) is 42.5 Å². The van der Waals surface area contributed by atoms with Gasteiger partial charge in [-0.3, -0.25) is 4.99 Å². The Morgan fingerprint density at radius 1 is 0.944 bits per heavy atom. The molecule has 0 aliphatic carbocycles. The van der Waals surface area contributed by atoms with Crippen molar-refractivity contribution in [3.8, 4) is 0 Å².